The van der Waals surface area contributed by atoms with E-state index in [1.54, 1.807) is 0 Å². The highest BCUT2D eigenvalue weighted by atomic mass is 16.3. The lowest BCUT2D eigenvalue weighted by Gasteiger charge is -2.27. The van der Waals surface area contributed by atoms with Gasteiger partial charge in [0.05, 0.1) is 18.8 Å². The zero-order valence-corrected chi connectivity index (χ0v) is 48.6. The summed E-state index contributed by atoms with van der Waals surface area (Å²) in [5.41, 5.74) is 0. The molecule has 4 unspecified atom stereocenters. The van der Waals surface area contributed by atoms with Crippen molar-refractivity contribution in [2.24, 2.45) is 0 Å². The summed E-state index contributed by atoms with van der Waals surface area (Å²) in [5, 5.41) is 44.0. The molecule has 0 fully saturated rings. The van der Waals surface area contributed by atoms with Gasteiger partial charge in [-0.05, 0) is 96.3 Å². The highest BCUT2D eigenvalue weighted by Crippen LogP contribution is 2.17. The standard InChI is InChI=1S/C67H125NO5/c1-3-5-7-9-11-13-15-17-19-21-23-25-26-27-28-29-30-31-32-33-34-35-36-37-38-39-41-43-45-47-49-51-53-55-57-59-61-65(71)67(73)68-63(62-69)66(72)64(70)60-58-56-54-52-50-48-46-44-42-40-24-22-20-18-16-14-12-10-8-6-4-2/h22,24,28-29,31-32,44,46,52,54,63-66,69-72H,3-21,23,25-27,30,33-43,45,47-51,53,55-62H2,1-2H3,(H,68,73)/b24-22+,29-28-,32-31-,46-44+,54-52+. The Hall–Kier alpha value is -1.99. The summed E-state index contributed by atoms with van der Waals surface area (Å²) in [4.78, 5) is 12.6. The number of amides is 1. The van der Waals surface area contributed by atoms with E-state index < -0.39 is 36.9 Å². The maximum atomic E-state index is 12.6. The third kappa shape index (κ3) is 54.6. The highest BCUT2D eigenvalue weighted by Gasteiger charge is 2.28. The molecule has 1 amide bonds. The summed E-state index contributed by atoms with van der Waals surface area (Å²) in [7, 11) is 0. The molecule has 0 heterocycles. The topological polar surface area (TPSA) is 110 Å². The first-order valence-electron chi connectivity index (χ1n) is 32.2. The van der Waals surface area contributed by atoms with E-state index in [4.69, 9.17) is 0 Å². The zero-order chi connectivity index (χ0) is 53.0. The van der Waals surface area contributed by atoms with Gasteiger partial charge in [0.2, 0.25) is 5.91 Å². The summed E-state index contributed by atoms with van der Waals surface area (Å²) in [5.74, 6) is -0.597. The van der Waals surface area contributed by atoms with Crippen LogP contribution >= 0.6 is 0 Å². The van der Waals surface area contributed by atoms with Crippen LogP contribution in [0, 0.1) is 0 Å². The number of nitrogens with one attached hydrogen (secondary N) is 1. The molecule has 0 aromatic heterocycles. The van der Waals surface area contributed by atoms with Crippen molar-refractivity contribution in [3.05, 3.63) is 60.8 Å². The molecule has 0 aromatic rings. The summed E-state index contributed by atoms with van der Waals surface area (Å²) in [6.07, 6.45) is 80.4. The number of carbonyl (C=O) groups is 1. The van der Waals surface area contributed by atoms with Gasteiger partial charge in [0, 0.05) is 0 Å². The van der Waals surface area contributed by atoms with Crippen molar-refractivity contribution in [1.29, 1.82) is 0 Å². The Morgan fingerprint density at radius 1 is 0.342 bits per heavy atom. The number of aliphatic hydroxyl groups is 4. The predicted molar refractivity (Wildman–Crippen MR) is 320 cm³/mol. The van der Waals surface area contributed by atoms with Crippen molar-refractivity contribution in [1.82, 2.24) is 5.32 Å². The van der Waals surface area contributed by atoms with Gasteiger partial charge in [-0.2, -0.15) is 0 Å². The predicted octanol–water partition coefficient (Wildman–Crippen LogP) is 19.5. The third-order valence-electron chi connectivity index (χ3n) is 14.9. The number of unbranched alkanes of at least 4 members (excludes halogenated alkanes) is 40. The Labute approximate surface area is 454 Å². The number of hydrogen-bond acceptors (Lipinski definition) is 5. The van der Waals surface area contributed by atoms with Gasteiger partial charge in [-0.3, -0.25) is 4.79 Å². The molecule has 428 valence electrons. The number of aliphatic hydroxyl groups excluding tert-OH is 4. The first-order chi connectivity index (χ1) is 36.0. The molecule has 0 rings (SSSR count). The molecule has 0 bridgehead atoms. The van der Waals surface area contributed by atoms with Crippen molar-refractivity contribution in [2.45, 2.75) is 353 Å². The lowest BCUT2D eigenvalue weighted by Crippen LogP contribution is -2.53. The molecule has 73 heavy (non-hydrogen) atoms. The van der Waals surface area contributed by atoms with Crippen LogP contribution < -0.4 is 5.32 Å². The number of carbonyl (C=O) groups excluding carboxylic acids is 1. The van der Waals surface area contributed by atoms with Crippen LogP contribution in [0.15, 0.2) is 60.8 Å². The molecular weight excluding hydrogens is 899 g/mol. The Morgan fingerprint density at radius 3 is 0.945 bits per heavy atom. The van der Waals surface area contributed by atoms with Crippen LogP contribution in [-0.2, 0) is 4.79 Å². The number of allylic oxidation sites excluding steroid dienone is 10. The fraction of sp³-hybridized carbons (Fsp3) is 0.836. The Balaban J connectivity index is 3.62. The fourth-order valence-corrected chi connectivity index (χ4v) is 9.88. The minimum Gasteiger partial charge on any atom is -0.394 e. The van der Waals surface area contributed by atoms with E-state index in [1.165, 1.54) is 238 Å². The minimum atomic E-state index is -1.30. The molecule has 0 aliphatic rings. The molecule has 0 radical (unpaired) electrons. The average molecular weight is 1020 g/mol. The molecule has 0 saturated heterocycles. The van der Waals surface area contributed by atoms with E-state index >= 15 is 0 Å². The fourth-order valence-electron chi connectivity index (χ4n) is 9.88. The smallest absolute Gasteiger partial charge is 0.249 e. The van der Waals surface area contributed by atoms with Crippen LogP contribution in [0.5, 0.6) is 0 Å². The van der Waals surface area contributed by atoms with Gasteiger partial charge in [0.1, 0.15) is 12.2 Å². The summed E-state index contributed by atoms with van der Waals surface area (Å²) in [6.45, 7) is 4.06. The molecule has 0 aliphatic heterocycles. The first kappa shape index (κ1) is 71.0. The van der Waals surface area contributed by atoms with Crippen molar-refractivity contribution in [3.8, 4) is 0 Å². The Morgan fingerprint density at radius 2 is 0.616 bits per heavy atom. The lowest BCUT2D eigenvalue weighted by atomic mass is 10.00. The first-order valence-corrected chi connectivity index (χ1v) is 32.2. The van der Waals surface area contributed by atoms with Crippen LogP contribution in [0.2, 0.25) is 0 Å². The van der Waals surface area contributed by atoms with Crippen molar-refractivity contribution in [3.63, 3.8) is 0 Å². The molecule has 0 spiro atoms. The van der Waals surface area contributed by atoms with Gasteiger partial charge in [-0.1, -0.05) is 293 Å². The molecule has 0 aromatic carbocycles. The summed E-state index contributed by atoms with van der Waals surface area (Å²) in [6, 6.07) is -1.01. The van der Waals surface area contributed by atoms with Gasteiger partial charge in [0.25, 0.3) is 0 Å². The van der Waals surface area contributed by atoms with Crippen LogP contribution in [0.1, 0.15) is 328 Å². The van der Waals surface area contributed by atoms with Crippen LogP contribution in [0.4, 0.5) is 0 Å². The molecule has 0 aliphatic carbocycles. The molecule has 5 N–H and O–H groups in total. The van der Waals surface area contributed by atoms with Crippen LogP contribution in [-0.4, -0.2) is 57.3 Å². The molecule has 0 saturated carbocycles. The second-order valence-electron chi connectivity index (χ2n) is 22.1. The van der Waals surface area contributed by atoms with Crippen molar-refractivity contribution < 1.29 is 25.2 Å². The molecule has 6 nitrogen and oxygen atoms in total. The maximum absolute atomic E-state index is 12.6. The quantitative estimate of drug-likeness (QED) is 0.0308. The zero-order valence-electron chi connectivity index (χ0n) is 48.6. The van der Waals surface area contributed by atoms with E-state index in [9.17, 15) is 25.2 Å². The second kappa shape index (κ2) is 60.9. The van der Waals surface area contributed by atoms with Crippen molar-refractivity contribution in [2.75, 3.05) is 6.61 Å². The van der Waals surface area contributed by atoms with E-state index in [2.05, 4.69) is 79.9 Å². The van der Waals surface area contributed by atoms with Crippen LogP contribution in [0.25, 0.3) is 0 Å². The van der Waals surface area contributed by atoms with Gasteiger partial charge < -0.3 is 25.7 Å². The van der Waals surface area contributed by atoms with Gasteiger partial charge in [0.15, 0.2) is 0 Å². The summed E-state index contributed by atoms with van der Waals surface area (Å²) < 4.78 is 0. The van der Waals surface area contributed by atoms with Crippen LogP contribution in [0.3, 0.4) is 0 Å². The normalized spacial score (nSPS) is 14.0. The third-order valence-corrected chi connectivity index (χ3v) is 14.9. The monoisotopic (exact) mass is 1020 g/mol. The molecular formula is C67H125NO5. The lowest BCUT2D eigenvalue weighted by molar-refractivity contribution is -0.132. The average Bonchev–Trinajstić information content (AvgIpc) is 3.40. The summed E-state index contributed by atoms with van der Waals surface area (Å²) >= 11 is 0. The highest BCUT2D eigenvalue weighted by molar-refractivity contribution is 5.80. The van der Waals surface area contributed by atoms with Gasteiger partial charge in [-0.15, -0.1) is 0 Å². The maximum Gasteiger partial charge on any atom is 0.249 e. The largest absolute Gasteiger partial charge is 0.394 e. The molecule has 4 atom stereocenters. The van der Waals surface area contributed by atoms with E-state index in [0.717, 1.165) is 57.8 Å². The molecule has 6 heteroatoms. The minimum absolute atomic E-state index is 0.358. The van der Waals surface area contributed by atoms with E-state index in [1.807, 2.05) is 0 Å². The second-order valence-corrected chi connectivity index (χ2v) is 22.1. The number of rotatable bonds is 59. The Kier molecular flexibility index (Phi) is 59.2. The van der Waals surface area contributed by atoms with E-state index in [-0.39, 0.29) is 0 Å². The van der Waals surface area contributed by atoms with Crippen molar-refractivity contribution >= 4 is 5.91 Å². The van der Waals surface area contributed by atoms with Gasteiger partial charge in [-0.25, -0.2) is 0 Å². The SMILES string of the molecule is CCCCCCCCCC/C=C/CC/C=C/CC/C=C/CCCC(O)C(O)C(CO)NC(=O)C(O)CCCCCCCCCCCCCCCCCC/C=C\C/C=C\CCCCCCCCCCCCCCC. The Bertz CT molecular complexity index is 1240. The van der Waals surface area contributed by atoms with Gasteiger partial charge >= 0.3 is 0 Å². The van der Waals surface area contributed by atoms with E-state index in [0.29, 0.717) is 19.3 Å². The number of hydrogen-bond donors (Lipinski definition) is 5.